The minimum atomic E-state index is 0.0501. The second kappa shape index (κ2) is 5.48. The molecule has 1 aliphatic heterocycles. The lowest BCUT2D eigenvalue weighted by Gasteiger charge is -2.32. The number of benzene rings is 1. The topological polar surface area (TPSA) is 40.6 Å². The van der Waals surface area contributed by atoms with Crippen LogP contribution in [-0.4, -0.2) is 48.3 Å². The predicted molar refractivity (Wildman–Crippen MR) is 72.7 cm³/mol. The van der Waals surface area contributed by atoms with Crippen molar-refractivity contribution in [1.29, 1.82) is 0 Å². The second-order valence-electron chi connectivity index (χ2n) is 3.94. The average Bonchev–Trinajstić information content (AvgIpc) is 2.38. The number of hydrogen-bond donors (Lipinski definition) is 0. The molecule has 17 heavy (non-hydrogen) atoms. The van der Waals surface area contributed by atoms with E-state index >= 15 is 0 Å². The average molecular weight is 344 g/mol. The molecule has 0 radical (unpaired) electrons. The van der Waals surface area contributed by atoms with Crippen molar-refractivity contribution >= 4 is 34.9 Å². The lowest BCUT2D eigenvalue weighted by atomic mass is 10.2. The van der Waals surface area contributed by atoms with Crippen LogP contribution in [0.25, 0.3) is 0 Å². The Morgan fingerprint density at radius 3 is 2.53 bits per heavy atom. The SMILES string of the molecule is O=CN1CCN(C(=O)c2cccc(I)c2)CC1. The van der Waals surface area contributed by atoms with E-state index in [9.17, 15) is 9.59 Å². The molecule has 0 unspecified atom stereocenters. The zero-order chi connectivity index (χ0) is 12.3. The number of carbonyl (C=O) groups excluding carboxylic acids is 2. The van der Waals surface area contributed by atoms with Crippen molar-refractivity contribution in [2.24, 2.45) is 0 Å². The van der Waals surface area contributed by atoms with E-state index in [0.29, 0.717) is 26.2 Å². The smallest absolute Gasteiger partial charge is 0.254 e. The highest BCUT2D eigenvalue weighted by Gasteiger charge is 2.21. The molecule has 0 N–H and O–H groups in total. The lowest BCUT2D eigenvalue weighted by Crippen LogP contribution is -2.48. The maximum atomic E-state index is 12.2. The fraction of sp³-hybridized carbons (Fsp3) is 0.333. The fourth-order valence-electron chi connectivity index (χ4n) is 1.83. The largest absolute Gasteiger partial charge is 0.342 e. The summed E-state index contributed by atoms with van der Waals surface area (Å²) in [5.74, 6) is 0.0501. The van der Waals surface area contributed by atoms with Crippen molar-refractivity contribution in [2.45, 2.75) is 0 Å². The maximum Gasteiger partial charge on any atom is 0.254 e. The highest BCUT2D eigenvalue weighted by atomic mass is 127. The molecular formula is C12H13IN2O2. The minimum absolute atomic E-state index is 0.0501. The summed E-state index contributed by atoms with van der Waals surface area (Å²) in [5, 5.41) is 0. The summed E-state index contributed by atoms with van der Waals surface area (Å²) in [4.78, 5) is 26.2. The van der Waals surface area contributed by atoms with E-state index in [4.69, 9.17) is 0 Å². The van der Waals surface area contributed by atoms with Crippen LogP contribution in [0.3, 0.4) is 0 Å². The Bertz CT molecular complexity index is 428. The van der Waals surface area contributed by atoms with Gasteiger partial charge < -0.3 is 9.80 Å². The van der Waals surface area contributed by atoms with Crippen LogP contribution >= 0.6 is 22.6 Å². The Labute approximate surface area is 114 Å². The van der Waals surface area contributed by atoms with Gasteiger partial charge in [0.25, 0.3) is 5.91 Å². The minimum Gasteiger partial charge on any atom is -0.342 e. The first kappa shape index (κ1) is 12.3. The number of halogens is 1. The van der Waals surface area contributed by atoms with Crippen LogP contribution < -0.4 is 0 Å². The molecule has 1 saturated heterocycles. The highest BCUT2D eigenvalue weighted by molar-refractivity contribution is 14.1. The van der Waals surface area contributed by atoms with Crippen molar-refractivity contribution < 1.29 is 9.59 Å². The molecule has 1 aliphatic rings. The van der Waals surface area contributed by atoms with Gasteiger partial charge in [0.1, 0.15) is 0 Å². The molecule has 0 saturated carbocycles. The van der Waals surface area contributed by atoms with E-state index in [2.05, 4.69) is 22.6 Å². The van der Waals surface area contributed by atoms with E-state index in [1.807, 2.05) is 24.3 Å². The van der Waals surface area contributed by atoms with Crippen LogP contribution in [0.4, 0.5) is 0 Å². The number of nitrogens with zero attached hydrogens (tertiary/aromatic N) is 2. The van der Waals surface area contributed by atoms with Crippen molar-refractivity contribution in [3.8, 4) is 0 Å². The molecule has 90 valence electrons. The Morgan fingerprint density at radius 2 is 1.94 bits per heavy atom. The summed E-state index contributed by atoms with van der Waals surface area (Å²) in [7, 11) is 0. The van der Waals surface area contributed by atoms with Gasteiger partial charge in [0.15, 0.2) is 0 Å². The molecule has 5 heteroatoms. The van der Waals surface area contributed by atoms with Crippen LogP contribution in [0.5, 0.6) is 0 Å². The monoisotopic (exact) mass is 344 g/mol. The van der Waals surface area contributed by atoms with Gasteiger partial charge in [-0.2, -0.15) is 0 Å². The molecule has 0 bridgehead atoms. The molecular weight excluding hydrogens is 331 g/mol. The third kappa shape index (κ3) is 2.96. The van der Waals surface area contributed by atoms with Crippen LogP contribution in [0, 0.1) is 3.57 Å². The van der Waals surface area contributed by atoms with E-state index in [1.54, 1.807) is 9.80 Å². The van der Waals surface area contributed by atoms with Crippen LogP contribution in [0.2, 0.25) is 0 Å². The summed E-state index contributed by atoms with van der Waals surface area (Å²) in [6, 6.07) is 7.56. The van der Waals surface area contributed by atoms with E-state index in [1.165, 1.54) is 0 Å². The van der Waals surface area contributed by atoms with Crippen molar-refractivity contribution in [3.63, 3.8) is 0 Å². The van der Waals surface area contributed by atoms with Crippen LogP contribution in [-0.2, 0) is 4.79 Å². The van der Waals surface area contributed by atoms with Crippen molar-refractivity contribution in [1.82, 2.24) is 9.80 Å². The number of piperazine rings is 1. The molecule has 1 aromatic carbocycles. The Balaban J connectivity index is 2.04. The zero-order valence-corrected chi connectivity index (χ0v) is 11.5. The summed E-state index contributed by atoms with van der Waals surface area (Å²) in [6.45, 7) is 2.48. The fourth-order valence-corrected chi connectivity index (χ4v) is 2.38. The Kier molecular flexibility index (Phi) is 3.98. The molecule has 2 rings (SSSR count). The standard InChI is InChI=1S/C12H13IN2O2/c13-11-3-1-2-10(8-11)12(17)15-6-4-14(9-16)5-7-15/h1-3,8-9H,4-7H2. The number of carbonyl (C=O) groups is 2. The summed E-state index contributed by atoms with van der Waals surface area (Å²) in [6.07, 6.45) is 0.841. The summed E-state index contributed by atoms with van der Waals surface area (Å²) in [5.41, 5.74) is 0.719. The van der Waals surface area contributed by atoms with Crippen molar-refractivity contribution in [3.05, 3.63) is 33.4 Å². The van der Waals surface area contributed by atoms with Gasteiger partial charge in [0.05, 0.1) is 0 Å². The lowest BCUT2D eigenvalue weighted by molar-refractivity contribution is -0.119. The third-order valence-corrected chi connectivity index (χ3v) is 3.49. The number of amides is 2. The second-order valence-corrected chi connectivity index (χ2v) is 5.19. The van der Waals surface area contributed by atoms with E-state index < -0.39 is 0 Å². The van der Waals surface area contributed by atoms with E-state index in [-0.39, 0.29) is 5.91 Å². The Hall–Kier alpha value is -1.11. The predicted octanol–water partition coefficient (Wildman–Crippen LogP) is 1.21. The molecule has 2 amide bonds. The van der Waals surface area contributed by atoms with Gasteiger partial charge in [-0.3, -0.25) is 9.59 Å². The molecule has 0 spiro atoms. The van der Waals surface area contributed by atoms with Gasteiger partial charge in [-0.1, -0.05) is 6.07 Å². The molecule has 1 fully saturated rings. The first-order valence-electron chi connectivity index (χ1n) is 5.45. The third-order valence-electron chi connectivity index (χ3n) is 2.82. The molecule has 0 aromatic heterocycles. The van der Waals surface area contributed by atoms with Crippen LogP contribution in [0.15, 0.2) is 24.3 Å². The first-order valence-corrected chi connectivity index (χ1v) is 6.53. The van der Waals surface area contributed by atoms with E-state index in [0.717, 1.165) is 15.5 Å². The molecule has 0 atom stereocenters. The number of rotatable bonds is 2. The van der Waals surface area contributed by atoms with Gasteiger partial charge in [-0.05, 0) is 40.8 Å². The first-order chi connectivity index (χ1) is 8.20. The van der Waals surface area contributed by atoms with Crippen LogP contribution in [0.1, 0.15) is 10.4 Å². The normalized spacial score (nSPS) is 15.8. The maximum absolute atomic E-state index is 12.2. The number of hydrogen-bond acceptors (Lipinski definition) is 2. The molecule has 1 heterocycles. The van der Waals surface area contributed by atoms with Gasteiger partial charge in [-0.25, -0.2) is 0 Å². The quantitative estimate of drug-likeness (QED) is 0.598. The van der Waals surface area contributed by atoms with Gasteiger partial charge in [-0.15, -0.1) is 0 Å². The Morgan fingerprint density at radius 1 is 1.24 bits per heavy atom. The molecule has 0 aliphatic carbocycles. The van der Waals surface area contributed by atoms with Gasteiger partial charge in [0, 0.05) is 35.3 Å². The zero-order valence-electron chi connectivity index (χ0n) is 9.30. The van der Waals surface area contributed by atoms with Gasteiger partial charge in [0.2, 0.25) is 6.41 Å². The summed E-state index contributed by atoms with van der Waals surface area (Å²) < 4.78 is 1.06. The molecule has 1 aromatic rings. The molecule has 4 nitrogen and oxygen atoms in total. The summed E-state index contributed by atoms with van der Waals surface area (Å²) >= 11 is 2.19. The van der Waals surface area contributed by atoms with Crippen molar-refractivity contribution in [2.75, 3.05) is 26.2 Å². The van der Waals surface area contributed by atoms with Gasteiger partial charge >= 0.3 is 0 Å². The highest BCUT2D eigenvalue weighted by Crippen LogP contribution is 2.11.